The van der Waals surface area contributed by atoms with Crippen LogP contribution in [-0.4, -0.2) is 0 Å². The molecule has 0 unspecified atom stereocenters. The van der Waals surface area contributed by atoms with Crippen LogP contribution in [0.25, 0.3) is 21.9 Å². The highest BCUT2D eigenvalue weighted by Gasteiger charge is 2.29. The first-order valence-corrected chi connectivity index (χ1v) is 11.5. The second kappa shape index (κ2) is 10.4. The zero-order valence-electron chi connectivity index (χ0n) is 19.3. The van der Waals surface area contributed by atoms with Crippen LogP contribution in [0.4, 0.5) is 22.0 Å². The lowest BCUT2D eigenvalue weighted by molar-refractivity contribution is -0.137. The average molecular weight is 481 g/mol. The summed E-state index contributed by atoms with van der Waals surface area (Å²) in [5, 5.41) is 1.09. The molecule has 0 heterocycles. The van der Waals surface area contributed by atoms with E-state index < -0.39 is 11.7 Å². The molecule has 0 saturated heterocycles. The summed E-state index contributed by atoms with van der Waals surface area (Å²) >= 11 is 0. The summed E-state index contributed by atoms with van der Waals surface area (Å²) in [6, 6.07) is 18.8. The van der Waals surface area contributed by atoms with Crippen molar-refractivity contribution < 1.29 is 22.0 Å². The molecule has 35 heavy (non-hydrogen) atoms. The fraction of sp³-hybridized carbons (Fsp3) is 0.200. The second-order valence-corrected chi connectivity index (χ2v) is 8.59. The fourth-order valence-corrected chi connectivity index (χ4v) is 4.20. The van der Waals surface area contributed by atoms with E-state index in [0.717, 1.165) is 30.5 Å². The van der Waals surface area contributed by atoms with E-state index >= 15 is 4.39 Å². The van der Waals surface area contributed by atoms with Crippen LogP contribution in [0.3, 0.4) is 0 Å². The number of alkyl halides is 3. The smallest absolute Gasteiger partial charge is 0.206 e. The Morgan fingerprint density at radius 3 is 2.17 bits per heavy atom. The van der Waals surface area contributed by atoms with Crippen LogP contribution >= 0.6 is 0 Å². The van der Waals surface area contributed by atoms with E-state index in [9.17, 15) is 17.6 Å². The molecule has 0 amide bonds. The van der Waals surface area contributed by atoms with Gasteiger partial charge in [0.25, 0.3) is 0 Å². The molecule has 0 aliphatic carbocycles. The van der Waals surface area contributed by atoms with Gasteiger partial charge in [-0.15, -0.1) is 0 Å². The third-order valence-corrected chi connectivity index (χ3v) is 6.18. The highest BCUT2D eigenvalue weighted by atomic mass is 19.4. The summed E-state index contributed by atoms with van der Waals surface area (Å²) in [6.07, 6.45) is 2.04. The van der Waals surface area contributed by atoms with E-state index in [0.29, 0.717) is 45.9 Å². The molecule has 0 bridgehead atoms. The van der Waals surface area contributed by atoms with Crippen molar-refractivity contribution in [1.29, 1.82) is 0 Å². The molecule has 0 saturated carbocycles. The van der Waals surface area contributed by atoms with Crippen molar-refractivity contribution in [1.82, 2.24) is 0 Å². The Balaban J connectivity index is 1.52. The lowest BCUT2D eigenvalue weighted by atomic mass is 9.96. The maximum Gasteiger partial charge on any atom is 0.416 e. The van der Waals surface area contributed by atoms with E-state index in [1.165, 1.54) is 12.1 Å². The van der Waals surface area contributed by atoms with Crippen LogP contribution in [-0.2, 0) is 25.4 Å². The first kappa shape index (κ1) is 24.6. The van der Waals surface area contributed by atoms with E-state index in [1.54, 1.807) is 42.5 Å². The zero-order chi connectivity index (χ0) is 25.0. The standard InChI is InChI=1S/C30H25F5/c1-2-3-4-5-21-9-16-26(28(31)18-21)23-13-17-27-24(19-23)12-11-22(29(27)32)10-6-20-7-14-25(15-8-20)30(33,34)35/h2-3,7-9,11-19H,4-6,10H2,1H3/b3-2+. The van der Waals surface area contributed by atoms with Gasteiger partial charge in [0.15, 0.2) is 0 Å². The molecule has 0 aliphatic heterocycles. The summed E-state index contributed by atoms with van der Waals surface area (Å²) < 4.78 is 68.2. The van der Waals surface area contributed by atoms with E-state index in [2.05, 4.69) is 0 Å². The van der Waals surface area contributed by atoms with Crippen molar-refractivity contribution in [2.45, 2.75) is 38.8 Å². The fourth-order valence-electron chi connectivity index (χ4n) is 4.20. The zero-order valence-corrected chi connectivity index (χ0v) is 19.3. The number of hydrogen-bond donors (Lipinski definition) is 0. The molecule has 180 valence electrons. The van der Waals surface area contributed by atoms with Crippen LogP contribution in [0, 0.1) is 11.6 Å². The van der Waals surface area contributed by atoms with Gasteiger partial charge < -0.3 is 0 Å². The Kier molecular flexibility index (Phi) is 7.34. The quantitative estimate of drug-likeness (QED) is 0.183. The van der Waals surface area contributed by atoms with Crippen LogP contribution in [0.15, 0.2) is 84.9 Å². The number of rotatable bonds is 7. The highest BCUT2D eigenvalue weighted by molar-refractivity contribution is 5.88. The topological polar surface area (TPSA) is 0 Å². The van der Waals surface area contributed by atoms with Gasteiger partial charge in [0.2, 0.25) is 0 Å². The van der Waals surface area contributed by atoms with E-state index in [-0.39, 0.29) is 11.6 Å². The van der Waals surface area contributed by atoms with Crippen LogP contribution in [0.1, 0.15) is 35.6 Å². The number of fused-ring (bicyclic) bond motifs is 1. The molecular formula is C30H25F5. The molecule has 0 nitrogen and oxygen atoms in total. The third-order valence-electron chi connectivity index (χ3n) is 6.18. The molecule has 0 N–H and O–H groups in total. The summed E-state index contributed by atoms with van der Waals surface area (Å²) in [5.74, 6) is -0.670. The van der Waals surface area contributed by atoms with Gasteiger partial charge >= 0.3 is 6.18 Å². The largest absolute Gasteiger partial charge is 0.416 e. The number of allylic oxidation sites excluding steroid dienone is 2. The van der Waals surface area contributed by atoms with Gasteiger partial charge in [-0.3, -0.25) is 0 Å². The van der Waals surface area contributed by atoms with Gasteiger partial charge in [-0.1, -0.05) is 60.7 Å². The van der Waals surface area contributed by atoms with E-state index in [4.69, 9.17) is 0 Å². The monoisotopic (exact) mass is 480 g/mol. The van der Waals surface area contributed by atoms with Gasteiger partial charge in [-0.2, -0.15) is 13.2 Å². The van der Waals surface area contributed by atoms with Crippen LogP contribution in [0.2, 0.25) is 0 Å². The van der Waals surface area contributed by atoms with Crippen molar-refractivity contribution in [2.75, 3.05) is 0 Å². The molecule has 4 rings (SSSR count). The highest BCUT2D eigenvalue weighted by Crippen LogP contribution is 2.31. The molecule has 0 radical (unpaired) electrons. The summed E-state index contributed by atoms with van der Waals surface area (Å²) in [6.45, 7) is 1.95. The Morgan fingerprint density at radius 1 is 0.743 bits per heavy atom. The summed E-state index contributed by atoms with van der Waals surface area (Å²) in [5.41, 5.74) is 2.56. The van der Waals surface area contributed by atoms with Crippen molar-refractivity contribution >= 4 is 10.8 Å². The van der Waals surface area contributed by atoms with Crippen LogP contribution in [0.5, 0.6) is 0 Å². The molecule has 0 spiro atoms. The van der Waals surface area contributed by atoms with Crippen molar-refractivity contribution in [2.24, 2.45) is 0 Å². The summed E-state index contributed by atoms with van der Waals surface area (Å²) in [4.78, 5) is 0. The number of hydrogen-bond acceptors (Lipinski definition) is 0. The maximum atomic E-state index is 15.2. The first-order chi connectivity index (χ1) is 16.8. The minimum absolute atomic E-state index is 0.309. The predicted molar refractivity (Wildman–Crippen MR) is 131 cm³/mol. The maximum absolute atomic E-state index is 15.2. The number of benzene rings is 4. The second-order valence-electron chi connectivity index (χ2n) is 8.59. The molecule has 0 fully saturated rings. The Bertz CT molecular complexity index is 1350. The Hall–Kier alpha value is -3.47. The number of aryl methyl sites for hydroxylation is 3. The molecule has 0 aliphatic rings. The van der Waals surface area contributed by atoms with E-state index in [1.807, 2.05) is 25.1 Å². The molecular weight excluding hydrogens is 455 g/mol. The first-order valence-electron chi connectivity index (χ1n) is 11.5. The Labute approximate surface area is 201 Å². The molecule has 0 atom stereocenters. The molecule has 5 heteroatoms. The van der Waals surface area contributed by atoms with Gasteiger partial charge in [0.05, 0.1) is 5.56 Å². The molecule has 4 aromatic rings. The van der Waals surface area contributed by atoms with Gasteiger partial charge in [0, 0.05) is 10.9 Å². The van der Waals surface area contributed by atoms with Crippen LogP contribution < -0.4 is 0 Å². The normalized spacial score (nSPS) is 12.1. The SMILES string of the molecule is C/C=C/CCc1ccc(-c2ccc3c(F)c(CCc4ccc(C(F)(F)F)cc4)ccc3c2)c(F)c1. The minimum Gasteiger partial charge on any atom is -0.206 e. The van der Waals surface area contributed by atoms with Crippen molar-refractivity contribution in [3.05, 3.63) is 119 Å². The number of halogens is 5. The minimum atomic E-state index is -4.38. The van der Waals surface area contributed by atoms with Gasteiger partial charge in [-0.05, 0) is 84.5 Å². The van der Waals surface area contributed by atoms with Gasteiger partial charge in [-0.25, -0.2) is 8.78 Å². The van der Waals surface area contributed by atoms with Crippen molar-refractivity contribution in [3.63, 3.8) is 0 Å². The molecule has 0 aromatic heterocycles. The van der Waals surface area contributed by atoms with Gasteiger partial charge in [0.1, 0.15) is 11.6 Å². The summed E-state index contributed by atoms with van der Waals surface area (Å²) in [7, 11) is 0. The predicted octanol–water partition coefficient (Wildman–Crippen LogP) is 9.10. The van der Waals surface area contributed by atoms with Crippen molar-refractivity contribution in [3.8, 4) is 11.1 Å². The molecule has 4 aromatic carbocycles. The third kappa shape index (κ3) is 5.79. The lowest BCUT2D eigenvalue weighted by Crippen LogP contribution is -2.04. The Morgan fingerprint density at radius 2 is 1.49 bits per heavy atom. The average Bonchev–Trinajstić information content (AvgIpc) is 2.83. The lowest BCUT2D eigenvalue weighted by Gasteiger charge is -2.11.